The maximum Gasteiger partial charge on any atom is 0.191 e. The summed E-state index contributed by atoms with van der Waals surface area (Å²) in [6, 6.07) is 12.5. The third kappa shape index (κ3) is 6.32. The molecule has 7 heteroatoms. The smallest absolute Gasteiger partial charge is 0.191 e. The minimum Gasteiger partial charge on any atom is -0.495 e. The van der Waals surface area contributed by atoms with E-state index in [4.69, 9.17) is 9.15 Å². The standard InChI is InChI=1S/C21H30N4O2.HI/c1-3-12-22-21(23-13-10-18-7-6-15-27-18)24-17-11-14-25(16-17)19-8-4-5-9-20(19)26-2;/h4-9,15,17H,3,10-14,16H2,1-2H3,(H2,22,23,24);1H. The van der Waals surface area contributed by atoms with Gasteiger partial charge in [0, 0.05) is 38.6 Å². The lowest BCUT2D eigenvalue weighted by Gasteiger charge is -2.22. The number of ether oxygens (including phenoxy) is 1. The van der Waals surface area contributed by atoms with Crippen LogP contribution in [0.2, 0.25) is 0 Å². The Kier molecular flexibility index (Phi) is 9.46. The molecule has 0 amide bonds. The predicted molar refractivity (Wildman–Crippen MR) is 125 cm³/mol. The molecular weight excluding hydrogens is 467 g/mol. The van der Waals surface area contributed by atoms with E-state index in [9.17, 15) is 0 Å². The number of nitrogens with zero attached hydrogens (tertiary/aromatic N) is 2. The number of hydrogen-bond acceptors (Lipinski definition) is 4. The number of para-hydroxylation sites is 2. The highest BCUT2D eigenvalue weighted by Crippen LogP contribution is 2.30. The zero-order valence-corrected chi connectivity index (χ0v) is 19.0. The predicted octanol–water partition coefficient (Wildman–Crippen LogP) is 3.67. The molecule has 1 aromatic heterocycles. The monoisotopic (exact) mass is 498 g/mol. The Morgan fingerprint density at radius 1 is 1.29 bits per heavy atom. The normalized spacial score (nSPS) is 16.6. The molecule has 1 aromatic carbocycles. The van der Waals surface area contributed by atoms with Gasteiger partial charge in [0.2, 0.25) is 0 Å². The first-order valence-electron chi connectivity index (χ1n) is 9.75. The molecule has 3 rings (SSSR count). The first-order chi connectivity index (χ1) is 13.3. The number of methoxy groups -OCH3 is 1. The Balaban J connectivity index is 0.00000280. The number of aliphatic imine (C=N–C) groups is 1. The highest BCUT2D eigenvalue weighted by molar-refractivity contribution is 14.0. The molecule has 1 aliphatic heterocycles. The van der Waals surface area contributed by atoms with Gasteiger partial charge in [0.1, 0.15) is 11.5 Å². The Morgan fingerprint density at radius 3 is 2.89 bits per heavy atom. The molecule has 0 radical (unpaired) electrons. The van der Waals surface area contributed by atoms with Crippen molar-refractivity contribution in [3.8, 4) is 5.75 Å². The quantitative estimate of drug-likeness (QED) is 0.331. The van der Waals surface area contributed by atoms with E-state index in [1.165, 1.54) is 0 Å². The summed E-state index contributed by atoms with van der Waals surface area (Å²) in [5, 5.41) is 7.03. The fourth-order valence-electron chi connectivity index (χ4n) is 3.32. The maximum absolute atomic E-state index is 5.51. The van der Waals surface area contributed by atoms with E-state index in [-0.39, 0.29) is 24.0 Å². The van der Waals surface area contributed by atoms with Gasteiger partial charge in [0.05, 0.1) is 19.1 Å². The van der Waals surface area contributed by atoms with Crippen molar-refractivity contribution >= 4 is 35.6 Å². The summed E-state index contributed by atoms with van der Waals surface area (Å²) in [6.07, 6.45) is 4.66. The molecule has 2 aromatic rings. The van der Waals surface area contributed by atoms with Crippen LogP contribution in [0.3, 0.4) is 0 Å². The van der Waals surface area contributed by atoms with Gasteiger partial charge in [-0.1, -0.05) is 19.1 Å². The van der Waals surface area contributed by atoms with Crippen LogP contribution in [0.25, 0.3) is 0 Å². The molecule has 2 heterocycles. The minimum atomic E-state index is 0. The zero-order chi connectivity index (χ0) is 18.9. The second kappa shape index (κ2) is 11.8. The summed E-state index contributed by atoms with van der Waals surface area (Å²) in [5.41, 5.74) is 1.15. The number of benzene rings is 1. The molecule has 1 atom stereocenters. The molecule has 154 valence electrons. The van der Waals surface area contributed by atoms with Crippen LogP contribution in [-0.4, -0.2) is 45.3 Å². The first kappa shape index (κ1) is 22.4. The zero-order valence-electron chi connectivity index (χ0n) is 16.7. The number of halogens is 1. The van der Waals surface area contributed by atoms with E-state index in [1.54, 1.807) is 13.4 Å². The van der Waals surface area contributed by atoms with E-state index in [1.807, 2.05) is 24.3 Å². The van der Waals surface area contributed by atoms with Crippen molar-refractivity contribution in [3.63, 3.8) is 0 Å². The van der Waals surface area contributed by atoms with E-state index in [0.717, 1.165) is 68.6 Å². The SMILES string of the molecule is CCCN=C(NCCc1ccco1)NC1CCN(c2ccccc2OC)C1.I. The van der Waals surface area contributed by atoms with Crippen molar-refractivity contribution in [2.75, 3.05) is 38.2 Å². The average Bonchev–Trinajstić information content (AvgIpc) is 3.38. The van der Waals surface area contributed by atoms with Crippen LogP contribution < -0.4 is 20.3 Å². The fraction of sp³-hybridized carbons (Fsp3) is 0.476. The van der Waals surface area contributed by atoms with Crippen molar-refractivity contribution in [1.29, 1.82) is 0 Å². The minimum absolute atomic E-state index is 0. The van der Waals surface area contributed by atoms with Gasteiger partial charge < -0.3 is 24.7 Å². The molecule has 6 nitrogen and oxygen atoms in total. The topological polar surface area (TPSA) is 62.0 Å². The van der Waals surface area contributed by atoms with Gasteiger partial charge in [-0.3, -0.25) is 4.99 Å². The maximum atomic E-state index is 5.51. The van der Waals surface area contributed by atoms with Crippen LogP contribution in [0, 0.1) is 0 Å². The molecule has 2 N–H and O–H groups in total. The molecular formula is C21H31IN4O2. The van der Waals surface area contributed by atoms with Crippen molar-refractivity contribution in [2.45, 2.75) is 32.2 Å². The van der Waals surface area contributed by atoms with E-state index in [0.29, 0.717) is 6.04 Å². The number of hydrogen-bond donors (Lipinski definition) is 2. The van der Waals surface area contributed by atoms with Gasteiger partial charge in [-0.05, 0) is 37.1 Å². The molecule has 0 saturated carbocycles. The highest BCUT2D eigenvalue weighted by atomic mass is 127. The number of guanidine groups is 1. The summed E-state index contributed by atoms with van der Waals surface area (Å²) >= 11 is 0. The Bertz CT molecular complexity index is 721. The van der Waals surface area contributed by atoms with Crippen LogP contribution in [0.4, 0.5) is 5.69 Å². The molecule has 0 spiro atoms. The second-order valence-electron chi connectivity index (χ2n) is 6.73. The first-order valence-corrected chi connectivity index (χ1v) is 9.75. The van der Waals surface area contributed by atoms with Gasteiger partial charge in [0.15, 0.2) is 5.96 Å². The molecule has 1 saturated heterocycles. The summed E-state index contributed by atoms with van der Waals surface area (Å²) in [4.78, 5) is 7.05. The van der Waals surface area contributed by atoms with Crippen LogP contribution in [0.1, 0.15) is 25.5 Å². The third-order valence-corrected chi connectivity index (χ3v) is 4.69. The fourth-order valence-corrected chi connectivity index (χ4v) is 3.32. The highest BCUT2D eigenvalue weighted by Gasteiger charge is 2.25. The molecule has 0 aliphatic carbocycles. The summed E-state index contributed by atoms with van der Waals surface area (Å²) in [5.74, 6) is 2.80. The van der Waals surface area contributed by atoms with Crippen molar-refractivity contribution < 1.29 is 9.15 Å². The van der Waals surface area contributed by atoms with E-state index >= 15 is 0 Å². The lowest BCUT2D eigenvalue weighted by Crippen LogP contribution is -2.45. The van der Waals surface area contributed by atoms with Crippen molar-refractivity contribution in [3.05, 3.63) is 48.4 Å². The molecule has 28 heavy (non-hydrogen) atoms. The Morgan fingerprint density at radius 2 is 2.14 bits per heavy atom. The van der Waals surface area contributed by atoms with E-state index in [2.05, 4.69) is 39.6 Å². The summed E-state index contributed by atoms with van der Waals surface area (Å²) in [6.45, 7) is 5.70. The Labute approximate surface area is 184 Å². The van der Waals surface area contributed by atoms with Gasteiger partial charge in [-0.25, -0.2) is 0 Å². The summed E-state index contributed by atoms with van der Waals surface area (Å²) in [7, 11) is 1.73. The number of furan rings is 1. The molecule has 0 bridgehead atoms. The van der Waals surface area contributed by atoms with Gasteiger partial charge in [-0.2, -0.15) is 0 Å². The van der Waals surface area contributed by atoms with Crippen molar-refractivity contribution in [2.24, 2.45) is 4.99 Å². The average molecular weight is 498 g/mol. The van der Waals surface area contributed by atoms with Crippen molar-refractivity contribution in [1.82, 2.24) is 10.6 Å². The van der Waals surface area contributed by atoms with Gasteiger partial charge >= 0.3 is 0 Å². The molecule has 1 unspecified atom stereocenters. The van der Waals surface area contributed by atoms with Crippen LogP contribution in [-0.2, 0) is 6.42 Å². The largest absolute Gasteiger partial charge is 0.495 e. The third-order valence-electron chi connectivity index (χ3n) is 4.69. The molecule has 1 fully saturated rings. The van der Waals surface area contributed by atoms with Crippen LogP contribution >= 0.6 is 24.0 Å². The Hall–Kier alpha value is -1.90. The number of nitrogens with one attached hydrogen (secondary N) is 2. The van der Waals surface area contributed by atoms with Crippen LogP contribution in [0.5, 0.6) is 5.75 Å². The lowest BCUT2D eigenvalue weighted by molar-refractivity contribution is 0.415. The van der Waals surface area contributed by atoms with Crippen LogP contribution in [0.15, 0.2) is 52.1 Å². The van der Waals surface area contributed by atoms with Gasteiger partial charge in [0.25, 0.3) is 0 Å². The summed E-state index contributed by atoms with van der Waals surface area (Å²) < 4.78 is 10.9. The van der Waals surface area contributed by atoms with E-state index < -0.39 is 0 Å². The number of anilines is 1. The van der Waals surface area contributed by atoms with Gasteiger partial charge in [-0.15, -0.1) is 24.0 Å². The lowest BCUT2D eigenvalue weighted by atomic mass is 10.2. The number of rotatable bonds is 8. The second-order valence-corrected chi connectivity index (χ2v) is 6.73. The molecule has 1 aliphatic rings.